The van der Waals surface area contributed by atoms with Crippen molar-refractivity contribution in [2.75, 3.05) is 24.5 Å². The van der Waals surface area contributed by atoms with E-state index in [1.807, 2.05) is 11.0 Å². The number of piperidine rings is 1. The molecular weight excluding hydrogens is 499 g/mol. The highest BCUT2D eigenvalue weighted by Crippen LogP contribution is 2.39. The Morgan fingerprint density at radius 3 is 2.52 bits per heavy atom. The maximum atomic E-state index is 13.2. The summed E-state index contributed by atoms with van der Waals surface area (Å²) in [4.78, 5) is 22.3. The van der Waals surface area contributed by atoms with E-state index in [2.05, 4.69) is 68.6 Å². The number of rotatable bonds is 7. The second-order valence-corrected chi connectivity index (χ2v) is 10.4. The van der Waals surface area contributed by atoms with Crippen LogP contribution in [-0.4, -0.2) is 48.0 Å². The summed E-state index contributed by atoms with van der Waals surface area (Å²) in [5.41, 5.74) is 0.632. The van der Waals surface area contributed by atoms with Crippen molar-refractivity contribution < 1.29 is 4.79 Å². The van der Waals surface area contributed by atoms with Gasteiger partial charge in [-0.1, -0.05) is 25.3 Å². The van der Waals surface area contributed by atoms with Gasteiger partial charge < -0.3 is 10.2 Å². The monoisotopic (exact) mass is 534 g/mol. The Kier molecular flexibility index (Phi) is 7.69. The van der Waals surface area contributed by atoms with Gasteiger partial charge in [-0.3, -0.25) is 4.90 Å². The molecule has 2 fully saturated rings. The number of allylic oxidation sites excluding steroid dienone is 1. The highest BCUT2D eigenvalue weighted by atomic mass is 127. The largest absolute Gasteiger partial charge is 0.369 e. The van der Waals surface area contributed by atoms with Gasteiger partial charge in [-0.2, -0.15) is 4.99 Å². The lowest BCUT2D eigenvalue weighted by molar-refractivity contribution is 0.185. The predicted molar refractivity (Wildman–Crippen MR) is 137 cm³/mol. The van der Waals surface area contributed by atoms with E-state index in [9.17, 15) is 4.79 Å². The minimum atomic E-state index is -0.334. The van der Waals surface area contributed by atoms with Crippen LogP contribution in [0.3, 0.4) is 0 Å². The average Bonchev–Trinajstić information content (AvgIpc) is 3.04. The lowest BCUT2D eigenvalue weighted by Gasteiger charge is -2.45. The smallest absolute Gasteiger partial charge is 0.350 e. The summed E-state index contributed by atoms with van der Waals surface area (Å²) < 4.78 is 1.18. The lowest BCUT2D eigenvalue weighted by Crippen LogP contribution is -2.62. The van der Waals surface area contributed by atoms with Crippen molar-refractivity contribution in [1.82, 2.24) is 10.2 Å². The first-order valence-corrected chi connectivity index (χ1v) is 13.0. The summed E-state index contributed by atoms with van der Waals surface area (Å²) in [5.74, 6) is 0.925. The summed E-state index contributed by atoms with van der Waals surface area (Å²) in [6.45, 7) is 6.97. The summed E-state index contributed by atoms with van der Waals surface area (Å²) in [7, 11) is 0. The Bertz CT molecular complexity index is 792. The summed E-state index contributed by atoms with van der Waals surface area (Å²) in [6.07, 6.45) is 13.6. The van der Waals surface area contributed by atoms with Crippen molar-refractivity contribution in [1.29, 1.82) is 0 Å². The van der Waals surface area contributed by atoms with Gasteiger partial charge in [0.15, 0.2) is 0 Å². The van der Waals surface area contributed by atoms with Crippen LogP contribution in [0.15, 0.2) is 41.9 Å². The molecule has 6 heteroatoms. The zero-order chi connectivity index (χ0) is 21.7. The van der Waals surface area contributed by atoms with Crippen LogP contribution >= 0.6 is 22.6 Å². The number of likely N-dealkylation sites (tertiary alicyclic amines) is 1. The number of carbonyl (C=O) groups is 1. The van der Waals surface area contributed by atoms with Gasteiger partial charge in [-0.15, -0.1) is 6.58 Å². The first-order chi connectivity index (χ1) is 15.1. The minimum Gasteiger partial charge on any atom is -0.369 e. The molecule has 0 unspecified atom stereocenters. The van der Waals surface area contributed by atoms with Crippen LogP contribution in [0.4, 0.5) is 10.5 Å². The SMILES string of the molecule is C=CCCCCN1CCC2(CC1)C(NC1CCCCC1)=NC(=O)N2c1ccc(I)cc1. The zero-order valence-electron chi connectivity index (χ0n) is 18.5. The zero-order valence-corrected chi connectivity index (χ0v) is 20.6. The van der Waals surface area contributed by atoms with Crippen LogP contribution in [0.25, 0.3) is 0 Å². The van der Waals surface area contributed by atoms with Crippen molar-refractivity contribution in [3.8, 4) is 0 Å². The fourth-order valence-electron chi connectivity index (χ4n) is 5.32. The van der Waals surface area contributed by atoms with E-state index in [4.69, 9.17) is 0 Å². The van der Waals surface area contributed by atoms with Gasteiger partial charge in [0.25, 0.3) is 0 Å². The van der Waals surface area contributed by atoms with E-state index < -0.39 is 0 Å². The van der Waals surface area contributed by atoms with E-state index >= 15 is 0 Å². The standard InChI is InChI=1S/C25H35IN4O/c1-2-3-4-8-17-29-18-15-25(16-19-29)23(27-21-9-6-5-7-10-21)28-24(31)30(25)22-13-11-20(26)12-14-22/h2,11-14,21H,1,3-10,15-19H2,(H,27,28,31). The highest BCUT2D eigenvalue weighted by Gasteiger charge is 2.52. The van der Waals surface area contributed by atoms with E-state index in [0.29, 0.717) is 6.04 Å². The number of amides is 2. The average molecular weight is 534 g/mol. The minimum absolute atomic E-state index is 0.112. The fourth-order valence-corrected chi connectivity index (χ4v) is 5.68. The first-order valence-electron chi connectivity index (χ1n) is 11.9. The molecule has 1 aromatic carbocycles. The first kappa shape index (κ1) is 22.8. The number of unbranched alkanes of at least 4 members (excludes halogenated alkanes) is 2. The van der Waals surface area contributed by atoms with Gasteiger partial charge in [-0.05, 0) is 98.3 Å². The fraction of sp³-hybridized carbons (Fsp3) is 0.600. The Morgan fingerprint density at radius 1 is 1.13 bits per heavy atom. The van der Waals surface area contributed by atoms with Crippen molar-refractivity contribution in [2.24, 2.45) is 4.99 Å². The summed E-state index contributed by atoms with van der Waals surface area (Å²) in [5, 5.41) is 3.75. The molecule has 0 radical (unpaired) electrons. The Labute approximate surface area is 200 Å². The Balaban J connectivity index is 1.52. The molecule has 1 saturated carbocycles. The summed E-state index contributed by atoms with van der Waals surface area (Å²) >= 11 is 2.32. The van der Waals surface area contributed by atoms with Gasteiger partial charge in [0.2, 0.25) is 0 Å². The number of benzene rings is 1. The molecule has 1 N–H and O–H groups in total. The van der Waals surface area contributed by atoms with Gasteiger partial charge in [0.1, 0.15) is 11.4 Å². The molecule has 1 saturated heterocycles. The molecule has 0 aromatic heterocycles. The molecule has 3 aliphatic rings. The normalized spacial score (nSPS) is 22.0. The number of nitrogens with zero attached hydrogens (tertiary/aromatic N) is 3. The molecule has 4 rings (SSSR count). The number of hydrogen-bond donors (Lipinski definition) is 1. The van der Waals surface area contributed by atoms with Gasteiger partial charge in [0.05, 0.1) is 0 Å². The third kappa shape index (κ3) is 5.16. The maximum Gasteiger partial charge on any atom is 0.350 e. The molecule has 2 amide bonds. The molecule has 1 spiro atoms. The number of amidine groups is 1. The molecule has 2 heterocycles. The quantitative estimate of drug-likeness (QED) is 0.276. The second-order valence-electron chi connectivity index (χ2n) is 9.19. The number of hydrogen-bond acceptors (Lipinski definition) is 3. The molecule has 2 aliphatic heterocycles. The van der Waals surface area contributed by atoms with Crippen LogP contribution in [0.5, 0.6) is 0 Å². The number of nitrogens with one attached hydrogen (secondary N) is 1. The molecular formula is C25H35IN4O. The van der Waals surface area contributed by atoms with Crippen molar-refractivity contribution in [3.63, 3.8) is 0 Å². The van der Waals surface area contributed by atoms with Crippen LogP contribution in [0.1, 0.15) is 64.2 Å². The van der Waals surface area contributed by atoms with E-state index in [1.54, 1.807) is 0 Å². The van der Waals surface area contributed by atoms with Gasteiger partial charge in [0, 0.05) is 28.4 Å². The lowest BCUT2D eigenvalue weighted by atomic mass is 9.83. The Morgan fingerprint density at radius 2 is 1.84 bits per heavy atom. The number of urea groups is 1. The van der Waals surface area contributed by atoms with Gasteiger partial charge >= 0.3 is 6.03 Å². The van der Waals surface area contributed by atoms with E-state index in [-0.39, 0.29) is 11.6 Å². The molecule has 1 aliphatic carbocycles. The molecule has 0 bridgehead atoms. The van der Waals surface area contributed by atoms with E-state index in [1.165, 1.54) is 48.5 Å². The van der Waals surface area contributed by atoms with Gasteiger partial charge in [-0.25, -0.2) is 4.79 Å². The molecule has 0 atom stereocenters. The number of carbonyl (C=O) groups excluding carboxylic acids is 1. The second kappa shape index (κ2) is 10.5. The number of anilines is 1. The summed E-state index contributed by atoms with van der Waals surface area (Å²) in [6, 6.07) is 8.64. The molecule has 5 nitrogen and oxygen atoms in total. The number of aliphatic imine (C=N–C) groups is 1. The molecule has 168 valence electrons. The maximum absolute atomic E-state index is 13.2. The third-order valence-electron chi connectivity index (χ3n) is 7.11. The third-order valence-corrected chi connectivity index (χ3v) is 7.83. The highest BCUT2D eigenvalue weighted by molar-refractivity contribution is 14.1. The topological polar surface area (TPSA) is 47.9 Å². The van der Waals surface area contributed by atoms with Crippen LogP contribution in [-0.2, 0) is 0 Å². The van der Waals surface area contributed by atoms with Crippen molar-refractivity contribution >= 4 is 40.1 Å². The predicted octanol–water partition coefficient (Wildman–Crippen LogP) is 5.74. The van der Waals surface area contributed by atoms with E-state index in [0.717, 1.165) is 50.4 Å². The van der Waals surface area contributed by atoms with Crippen molar-refractivity contribution in [3.05, 3.63) is 40.5 Å². The Hall–Kier alpha value is -1.41. The number of halogens is 1. The van der Waals surface area contributed by atoms with Crippen LogP contribution < -0.4 is 10.2 Å². The molecule has 1 aromatic rings. The van der Waals surface area contributed by atoms with Crippen molar-refractivity contribution in [2.45, 2.75) is 75.8 Å². The van der Waals surface area contributed by atoms with Crippen LogP contribution in [0.2, 0.25) is 0 Å². The van der Waals surface area contributed by atoms with Crippen LogP contribution in [0, 0.1) is 3.57 Å². The molecule has 31 heavy (non-hydrogen) atoms.